The van der Waals surface area contributed by atoms with Crippen LogP contribution in [0.2, 0.25) is 0 Å². The van der Waals surface area contributed by atoms with Gasteiger partial charge < -0.3 is 5.11 Å². The summed E-state index contributed by atoms with van der Waals surface area (Å²) in [5, 5.41) is 9.81. The van der Waals surface area contributed by atoms with Gasteiger partial charge in [0, 0.05) is 11.5 Å². The van der Waals surface area contributed by atoms with E-state index in [9.17, 15) is 5.11 Å². The lowest BCUT2D eigenvalue weighted by atomic mass is 9.69. The average Bonchev–Trinajstić information content (AvgIpc) is 2.86. The monoisotopic (exact) mass is 434 g/mol. The van der Waals surface area contributed by atoms with Crippen molar-refractivity contribution in [3.05, 3.63) is 113 Å². The van der Waals surface area contributed by atoms with E-state index in [2.05, 4.69) is 79.2 Å². The van der Waals surface area contributed by atoms with Crippen LogP contribution in [0.5, 0.6) is 5.75 Å². The summed E-state index contributed by atoms with van der Waals surface area (Å²) in [6, 6.07) is 27.0. The highest BCUT2D eigenvalue weighted by Gasteiger charge is 2.30. The van der Waals surface area contributed by atoms with Crippen LogP contribution in [0.15, 0.2) is 91.0 Å². The zero-order chi connectivity index (χ0) is 23.0. The standard InChI is InChI=1S/C32H34O/c1-3-25-11-13-27(14-12-25)23-28-15-17-29(18-16-28)32(30-19-21-31(33)22-20-30)24(2)9-10-26-7-5-4-6-8-26/h1,4-8,11-14,19-22,28-29,32-33H,2,9-10,15-18,23H2. The summed E-state index contributed by atoms with van der Waals surface area (Å²) in [5.74, 6) is 4.72. The number of phenolic OH excluding ortho intramolecular Hbond substituents is 1. The molecule has 1 fully saturated rings. The lowest BCUT2D eigenvalue weighted by Gasteiger charge is -2.35. The molecule has 0 radical (unpaired) electrons. The summed E-state index contributed by atoms with van der Waals surface area (Å²) in [6.45, 7) is 4.57. The number of aromatic hydroxyl groups is 1. The fraction of sp³-hybridized carbons (Fsp3) is 0.312. The van der Waals surface area contributed by atoms with E-state index in [1.54, 1.807) is 0 Å². The van der Waals surface area contributed by atoms with Gasteiger partial charge >= 0.3 is 0 Å². The molecule has 0 amide bonds. The Labute approximate surface area is 199 Å². The first-order valence-electron chi connectivity index (χ1n) is 12.2. The third-order valence-electron chi connectivity index (χ3n) is 7.28. The summed E-state index contributed by atoms with van der Waals surface area (Å²) in [6.07, 6.45) is 13.6. The predicted molar refractivity (Wildman–Crippen MR) is 138 cm³/mol. The van der Waals surface area contributed by atoms with Crippen LogP contribution in [0, 0.1) is 24.2 Å². The van der Waals surface area contributed by atoms with Crippen molar-refractivity contribution < 1.29 is 5.11 Å². The zero-order valence-corrected chi connectivity index (χ0v) is 19.4. The molecule has 33 heavy (non-hydrogen) atoms. The van der Waals surface area contributed by atoms with Gasteiger partial charge in [-0.3, -0.25) is 0 Å². The Morgan fingerprint density at radius 1 is 0.879 bits per heavy atom. The fourth-order valence-electron chi connectivity index (χ4n) is 5.42. The van der Waals surface area contributed by atoms with E-state index in [0.29, 0.717) is 17.6 Å². The Morgan fingerprint density at radius 3 is 2.18 bits per heavy atom. The maximum Gasteiger partial charge on any atom is 0.115 e. The molecule has 0 saturated heterocycles. The molecule has 3 aromatic rings. The minimum Gasteiger partial charge on any atom is -0.508 e. The normalized spacial score (nSPS) is 18.9. The van der Waals surface area contributed by atoms with Crippen molar-refractivity contribution in [2.75, 3.05) is 0 Å². The van der Waals surface area contributed by atoms with Crippen LogP contribution in [0.3, 0.4) is 0 Å². The summed E-state index contributed by atoms with van der Waals surface area (Å²) >= 11 is 0. The molecule has 1 saturated carbocycles. The summed E-state index contributed by atoms with van der Waals surface area (Å²) in [5.41, 5.74) is 6.31. The molecule has 0 spiro atoms. The fourth-order valence-corrected chi connectivity index (χ4v) is 5.42. The lowest BCUT2D eigenvalue weighted by Crippen LogP contribution is -2.23. The topological polar surface area (TPSA) is 20.2 Å². The third-order valence-corrected chi connectivity index (χ3v) is 7.28. The van der Waals surface area contributed by atoms with Crippen LogP contribution in [-0.2, 0) is 12.8 Å². The van der Waals surface area contributed by atoms with Gasteiger partial charge in [-0.25, -0.2) is 0 Å². The van der Waals surface area contributed by atoms with Crippen LogP contribution in [0.1, 0.15) is 60.3 Å². The lowest BCUT2D eigenvalue weighted by molar-refractivity contribution is 0.252. The van der Waals surface area contributed by atoms with Crippen LogP contribution >= 0.6 is 0 Å². The molecule has 3 aromatic carbocycles. The molecule has 0 heterocycles. The van der Waals surface area contributed by atoms with Gasteiger partial charge in [0.05, 0.1) is 0 Å². The number of hydrogen-bond donors (Lipinski definition) is 1. The quantitative estimate of drug-likeness (QED) is 0.284. The maximum atomic E-state index is 9.81. The second-order valence-corrected chi connectivity index (χ2v) is 9.54. The first kappa shape index (κ1) is 22.9. The van der Waals surface area contributed by atoms with E-state index < -0.39 is 0 Å². The smallest absolute Gasteiger partial charge is 0.115 e. The second-order valence-electron chi connectivity index (χ2n) is 9.54. The van der Waals surface area contributed by atoms with Gasteiger partial charge in [0.25, 0.3) is 0 Å². The Balaban J connectivity index is 1.41. The molecular weight excluding hydrogens is 400 g/mol. The second kappa shape index (κ2) is 11.1. The minimum atomic E-state index is 0.326. The number of allylic oxidation sites excluding steroid dienone is 1. The van der Waals surface area contributed by atoms with Gasteiger partial charge in [-0.05, 0) is 97.7 Å². The molecule has 168 valence electrons. The van der Waals surface area contributed by atoms with Crippen molar-refractivity contribution in [1.82, 2.24) is 0 Å². The zero-order valence-electron chi connectivity index (χ0n) is 19.4. The molecular formula is C32H34O. The van der Waals surface area contributed by atoms with Gasteiger partial charge in [0.15, 0.2) is 0 Å². The molecule has 1 N–H and O–H groups in total. The molecule has 1 nitrogen and oxygen atoms in total. The molecule has 1 aliphatic rings. The van der Waals surface area contributed by atoms with E-state index in [0.717, 1.165) is 30.7 Å². The molecule has 1 aliphatic carbocycles. The Bertz CT molecular complexity index is 1060. The average molecular weight is 435 g/mol. The highest BCUT2D eigenvalue weighted by Crippen LogP contribution is 2.43. The maximum absolute atomic E-state index is 9.81. The number of phenols is 1. The van der Waals surface area contributed by atoms with Crippen molar-refractivity contribution in [3.63, 3.8) is 0 Å². The molecule has 0 aromatic heterocycles. The van der Waals surface area contributed by atoms with Crippen molar-refractivity contribution >= 4 is 0 Å². The Morgan fingerprint density at radius 2 is 1.55 bits per heavy atom. The summed E-state index contributed by atoms with van der Waals surface area (Å²) in [7, 11) is 0. The highest BCUT2D eigenvalue weighted by molar-refractivity contribution is 5.35. The Hall–Kier alpha value is -3.24. The SMILES string of the molecule is C#Cc1ccc(CC2CCC(C(C(=C)CCc3ccccc3)c3ccc(O)cc3)CC2)cc1. The number of aryl methyl sites for hydroxylation is 1. The van der Waals surface area contributed by atoms with E-state index >= 15 is 0 Å². The van der Waals surface area contributed by atoms with Crippen molar-refractivity contribution in [2.24, 2.45) is 11.8 Å². The van der Waals surface area contributed by atoms with Crippen LogP contribution in [0.25, 0.3) is 0 Å². The largest absolute Gasteiger partial charge is 0.508 e. The van der Waals surface area contributed by atoms with Crippen LogP contribution in [-0.4, -0.2) is 5.11 Å². The summed E-state index contributed by atoms with van der Waals surface area (Å²) in [4.78, 5) is 0. The van der Waals surface area contributed by atoms with Gasteiger partial charge in [-0.1, -0.05) is 72.7 Å². The van der Waals surface area contributed by atoms with Crippen molar-refractivity contribution in [1.29, 1.82) is 0 Å². The summed E-state index contributed by atoms with van der Waals surface area (Å²) < 4.78 is 0. The van der Waals surface area contributed by atoms with Crippen LogP contribution in [0.4, 0.5) is 0 Å². The van der Waals surface area contributed by atoms with Gasteiger partial charge in [0.2, 0.25) is 0 Å². The van der Waals surface area contributed by atoms with E-state index in [1.807, 2.05) is 12.1 Å². The van der Waals surface area contributed by atoms with Gasteiger partial charge in [-0.15, -0.1) is 6.42 Å². The van der Waals surface area contributed by atoms with E-state index in [4.69, 9.17) is 6.42 Å². The molecule has 1 unspecified atom stereocenters. The van der Waals surface area contributed by atoms with E-state index in [-0.39, 0.29) is 0 Å². The molecule has 1 atom stereocenters. The third kappa shape index (κ3) is 6.17. The van der Waals surface area contributed by atoms with Crippen LogP contribution < -0.4 is 0 Å². The highest BCUT2D eigenvalue weighted by atomic mass is 16.3. The number of benzene rings is 3. The molecule has 0 bridgehead atoms. The number of terminal acetylenes is 1. The van der Waals surface area contributed by atoms with Gasteiger partial charge in [0.1, 0.15) is 5.75 Å². The molecule has 1 heteroatoms. The van der Waals surface area contributed by atoms with Gasteiger partial charge in [-0.2, -0.15) is 0 Å². The Kier molecular flexibility index (Phi) is 7.69. The number of rotatable bonds is 8. The molecule has 4 rings (SSSR count). The van der Waals surface area contributed by atoms with Crippen molar-refractivity contribution in [3.8, 4) is 18.1 Å². The first-order chi connectivity index (χ1) is 16.1. The minimum absolute atomic E-state index is 0.326. The first-order valence-corrected chi connectivity index (χ1v) is 12.2. The molecule has 0 aliphatic heterocycles. The predicted octanol–water partition coefficient (Wildman–Crippen LogP) is 7.70. The van der Waals surface area contributed by atoms with Crippen molar-refractivity contribution in [2.45, 2.75) is 50.9 Å². The number of hydrogen-bond acceptors (Lipinski definition) is 1. The van der Waals surface area contributed by atoms with E-state index in [1.165, 1.54) is 47.9 Å².